The van der Waals surface area contributed by atoms with Crippen LogP contribution in [-0.4, -0.2) is 15.7 Å². The quantitative estimate of drug-likeness (QED) is 0.233. The summed E-state index contributed by atoms with van der Waals surface area (Å²) >= 11 is 0. The van der Waals surface area contributed by atoms with Crippen molar-refractivity contribution >= 4 is 5.82 Å². The molecule has 0 fully saturated rings. The van der Waals surface area contributed by atoms with Crippen molar-refractivity contribution in [2.45, 2.75) is 79.1 Å². The molecule has 0 saturated carbocycles. The van der Waals surface area contributed by atoms with E-state index in [1.54, 1.807) is 0 Å². The topological polar surface area (TPSA) is 29.9 Å². The normalized spacial score (nSPS) is 11.9. The van der Waals surface area contributed by atoms with E-state index in [0.29, 0.717) is 12.8 Å². The molecule has 0 radical (unpaired) electrons. The van der Waals surface area contributed by atoms with E-state index in [4.69, 9.17) is 5.10 Å². The zero-order valence-electron chi connectivity index (χ0n) is 23.2. The second kappa shape index (κ2) is 14.5. The maximum atomic E-state index is 13.3. The summed E-state index contributed by atoms with van der Waals surface area (Å²) in [6.45, 7) is 17.7. The zero-order chi connectivity index (χ0) is 27.4. The number of nitrogens with zero attached hydrogens (tertiary/aromatic N) is 2. The number of aromatic nitrogens is 2. The Labute approximate surface area is 222 Å². The Balaban J connectivity index is 0.00000235. The summed E-state index contributed by atoms with van der Waals surface area (Å²) in [7, 11) is 0. The Morgan fingerprint density at radius 1 is 1.03 bits per heavy atom. The lowest BCUT2D eigenvalue weighted by Gasteiger charge is -2.19. The zero-order valence-corrected chi connectivity index (χ0v) is 23.2. The molecular formula is C32H43F2N3. The molecule has 1 atom stereocenters. The van der Waals surface area contributed by atoms with Gasteiger partial charge >= 0.3 is 0 Å². The van der Waals surface area contributed by atoms with Crippen molar-refractivity contribution < 1.29 is 8.78 Å². The molecule has 0 saturated heterocycles. The van der Waals surface area contributed by atoms with E-state index in [1.807, 2.05) is 73.1 Å². The van der Waals surface area contributed by atoms with Crippen molar-refractivity contribution in [3.63, 3.8) is 0 Å². The fraction of sp³-hybridized carbons (Fsp3) is 0.406. The van der Waals surface area contributed by atoms with Gasteiger partial charge < -0.3 is 5.32 Å². The highest BCUT2D eigenvalue weighted by atomic mass is 19.3. The van der Waals surface area contributed by atoms with Crippen LogP contribution in [0.2, 0.25) is 0 Å². The van der Waals surface area contributed by atoms with Gasteiger partial charge in [0.2, 0.25) is 5.92 Å². The number of alkyl halides is 2. The minimum atomic E-state index is -2.63. The van der Waals surface area contributed by atoms with Crippen LogP contribution >= 0.6 is 0 Å². The molecule has 0 aliphatic heterocycles. The van der Waals surface area contributed by atoms with E-state index in [0.717, 1.165) is 60.2 Å². The first kappa shape index (κ1) is 30.0. The molecule has 5 heteroatoms. The summed E-state index contributed by atoms with van der Waals surface area (Å²) in [6, 6.07) is 20.1. The van der Waals surface area contributed by atoms with Crippen molar-refractivity contribution in [2.24, 2.45) is 5.92 Å². The Bertz CT molecular complexity index is 1130. The number of benzene rings is 2. The van der Waals surface area contributed by atoms with E-state index >= 15 is 0 Å². The van der Waals surface area contributed by atoms with Gasteiger partial charge in [-0.05, 0) is 62.8 Å². The molecule has 3 rings (SSSR count). The van der Waals surface area contributed by atoms with Crippen LogP contribution in [-0.2, 0) is 6.42 Å². The summed E-state index contributed by atoms with van der Waals surface area (Å²) in [5.74, 6) is -1.62. The number of rotatable bonds is 13. The summed E-state index contributed by atoms with van der Waals surface area (Å²) in [6.07, 6.45) is 3.78. The fourth-order valence-corrected chi connectivity index (χ4v) is 4.18. The van der Waals surface area contributed by atoms with Gasteiger partial charge in [0.05, 0.1) is 11.4 Å². The van der Waals surface area contributed by atoms with Crippen molar-refractivity contribution in [3.05, 3.63) is 90.7 Å². The summed E-state index contributed by atoms with van der Waals surface area (Å²) in [4.78, 5) is 0. The standard InChI is InChI=1S/C30H37F2N3.C2H6/c1-6-22(3)19-25(7-2)23(4)33-29-21-28(35(34-29)27-16-9-8-10-17-27)26-15-11-13-24(20-26)14-12-18-30(5,31)32;1-2/h8-11,13,15-17,20-21,25H,3-4,6-7,12,14,18-19H2,1-2,5H3,(H,33,34);1-2H3/t25-;/m1./s1. The molecule has 37 heavy (non-hydrogen) atoms. The Morgan fingerprint density at radius 2 is 1.73 bits per heavy atom. The van der Waals surface area contributed by atoms with Gasteiger partial charge in [0.25, 0.3) is 0 Å². The van der Waals surface area contributed by atoms with Gasteiger partial charge in [0.15, 0.2) is 5.82 Å². The molecule has 2 aromatic carbocycles. The number of halogens is 2. The third-order valence-electron chi connectivity index (χ3n) is 6.32. The third kappa shape index (κ3) is 9.31. The van der Waals surface area contributed by atoms with E-state index < -0.39 is 5.92 Å². The average molecular weight is 508 g/mol. The van der Waals surface area contributed by atoms with E-state index in [2.05, 4.69) is 38.4 Å². The van der Waals surface area contributed by atoms with Gasteiger partial charge in [-0.2, -0.15) is 0 Å². The number of hydrogen-bond donors (Lipinski definition) is 1. The average Bonchev–Trinajstić information content (AvgIpc) is 3.32. The molecule has 3 aromatic rings. The van der Waals surface area contributed by atoms with Gasteiger partial charge in [-0.15, -0.1) is 5.10 Å². The van der Waals surface area contributed by atoms with Crippen LogP contribution < -0.4 is 5.32 Å². The van der Waals surface area contributed by atoms with Crippen LogP contribution in [0, 0.1) is 5.92 Å². The summed E-state index contributed by atoms with van der Waals surface area (Å²) in [5.41, 5.74) is 6.06. The molecule has 0 aliphatic rings. The molecule has 0 spiro atoms. The molecular weight excluding hydrogens is 464 g/mol. The lowest BCUT2D eigenvalue weighted by atomic mass is 9.94. The van der Waals surface area contributed by atoms with Crippen molar-refractivity contribution in [1.29, 1.82) is 0 Å². The van der Waals surface area contributed by atoms with Crippen molar-refractivity contribution in [1.82, 2.24) is 9.78 Å². The fourth-order valence-electron chi connectivity index (χ4n) is 4.18. The third-order valence-corrected chi connectivity index (χ3v) is 6.32. The number of nitrogens with one attached hydrogen (secondary N) is 1. The van der Waals surface area contributed by atoms with Crippen molar-refractivity contribution in [2.75, 3.05) is 5.32 Å². The van der Waals surface area contributed by atoms with Gasteiger partial charge in [-0.1, -0.05) is 82.8 Å². The van der Waals surface area contributed by atoms with Crippen LogP contribution in [0.3, 0.4) is 0 Å². The largest absolute Gasteiger partial charge is 0.343 e. The second-order valence-electron chi connectivity index (χ2n) is 9.35. The van der Waals surface area contributed by atoms with Gasteiger partial charge in [-0.25, -0.2) is 13.5 Å². The van der Waals surface area contributed by atoms with Crippen LogP contribution in [0.1, 0.15) is 72.3 Å². The molecule has 0 amide bonds. The monoisotopic (exact) mass is 507 g/mol. The van der Waals surface area contributed by atoms with Gasteiger partial charge in [-0.3, -0.25) is 0 Å². The number of aryl methyl sites for hydroxylation is 1. The predicted molar refractivity (Wildman–Crippen MR) is 154 cm³/mol. The maximum absolute atomic E-state index is 13.3. The Kier molecular flexibility index (Phi) is 11.8. The van der Waals surface area contributed by atoms with Crippen molar-refractivity contribution in [3.8, 4) is 16.9 Å². The molecule has 0 bridgehead atoms. The highest BCUT2D eigenvalue weighted by molar-refractivity contribution is 5.67. The molecule has 3 nitrogen and oxygen atoms in total. The van der Waals surface area contributed by atoms with Gasteiger partial charge in [0.1, 0.15) is 0 Å². The first-order valence-corrected chi connectivity index (χ1v) is 13.4. The number of anilines is 1. The summed E-state index contributed by atoms with van der Waals surface area (Å²) in [5, 5.41) is 8.30. The number of allylic oxidation sites excluding steroid dienone is 2. The maximum Gasteiger partial charge on any atom is 0.245 e. The molecule has 200 valence electrons. The molecule has 0 aliphatic carbocycles. The number of hydrogen-bond acceptors (Lipinski definition) is 2. The Hall–Kier alpha value is -3.21. The lowest BCUT2D eigenvalue weighted by molar-refractivity contribution is 0.0111. The van der Waals surface area contributed by atoms with Crippen LogP contribution in [0.25, 0.3) is 16.9 Å². The molecule has 0 unspecified atom stereocenters. The SMILES string of the molecule is C=C(CC)C[C@@H](CC)C(=C)Nc1cc(-c2cccc(CCCC(C)(F)F)c2)n(-c2ccccc2)n1.CC. The van der Waals surface area contributed by atoms with Crippen LogP contribution in [0.15, 0.2) is 85.1 Å². The minimum absolute atomic E-state index is 0.113. The van der Waals surface area contributed by atoms with E-state index in [9.17, 15) is 8.78 Å². The predicted octanol–water partition coefficient (Wildman–Crippen LogP) is 9.85. The smallest absolute Gasteiger partial charge is 0.245 e. The number of para-hydroxylation sites is 1. The first-order valence-electron chi connectivity index (χ1n) is 13.4. The van der Waals surface area contributed by atoms with E-state index in [-0.39, 0.29) is 12.3 Å². The lowest BCUT2D eigenvalue weighted by Crippen LogP contribution is -2.11. The molecule has 1 N–H and O–H groups in total. The Morgan fingerprint density at radius 3 is 2.35 bits per heavy atom. The molecule has 1 aromatic heterocycles. The van der Waals surface area contributed by atoms with Gasteiger partial charge in [0, 0.05) is 29.7 Å². The highest BCUT2D eigenvalue weighted by Crippen LogP contribution is 2.30. The van der Waals surface area contributed by atoms with Crippen LogP contribution in [0.4, 0.5) is 14.6 Å². The highest BCUT2D eigenvalue weighted by Gasteiger charge is 2.20. The first-order chi connectivity index (χ1) is 17.7. The van der Waals surface area contributed by atoms with E-state index in [1.165, 1.54) is 5.57 Å². The minimum Gasteiger partial charge on any atom is -0.343 e. The second-order valence-corrected chi connectivity index (χ2v) is 9.35. The molecule has 1 heterocycles. The summed E-state index contributed by atoms with van der Waals surface area (Å²) < 4.78 is 28.4. The van der Waals surface area contributed by atoms with Crippen LogP contribution in [0.5, 0.6) is 0 Å².